The Bertz CT molecular complexity index is 396. The molecule has 0 N–H and O–H groups in total. The van der Waals surface area contributed by atoms with Crippen molar-refractivity contribution in [2.24, 2.45) is 0 Å². The Morgan fingerprint density at radius 2 is 1.67 bits per heavy atom. The number of halogens is 1. The van der Waals surface area contributed by atoms with Crippen LogP contribution in [0.4, 0.5) is 4.39 Å². The van der Waals surface area contributed by atoms with Crippen LogP contribution in [0.25, 0.3) is 0 Å². The zero-order valence-electron chi connectivity index (χ0n) is 10.1. The van der Waals surface area contributed by atoms with Crippen LogP contribution in [0.2, 0.25) is 0 Å². The van der Waals surface area contributed by atoms with Gasteiger partial charge in [-0.1, -0.05) is 0 Å². The van der Waals surface area contributed by atoms with Gasteiger partial charge in [0.25, 0.3) is 0 Å². The topological polar surface area (TPSA) is 21.7 Å². The third-order valence-corrected chi connectivity index (χ3v) is 4.45. The molecule has 2 aliphatic rings. The molecule has 3 rings (SSSR count). The largest absolute Gasteiger partial charge is 0.347 e. The number of hydrogen-bond acceptors (Lipinski definition) is 4. The summed E-state index contributed by atoms with van der Waals surface area (Å²) in [5.74, 6) is -0.510. The van der Waals surface area contributed by atoms with Crippen molar-refractivity contribution in [2.75, 3.05) is 26.3 Å². The van der Waals surface area contributed by atoms with Crippen molar-refractivity contribution in [1.29, 1.82) is 0 Å². The van der Waals surface area contributed by atoms with Crippen LogP contribution in [0, 0.1) is 5.82 Å². The van der Waals surface area contributed by atoms with E-state index in [0.717, 1.165) is 30.8 Å². The molecule has 2 fully saturated rings. The first-order valence-electron chi connectivity index (χ1n) is 6.22. The van der Waals surface area contributed by atoms with Gasteiger partial charge in [-0.05, 0) is 36.2 Å². The Balaban J connectivity index is 1.55. The maximum atomic E-state index is 12.8. The van der Waals surface area contributed by atoms with Crippen LogP contribution in [0.15, 0.2) is 29.2 Å². The molecular formula is C13H16FNO2S. The van der Waals surface area contributed by atoms with Crippen LogP contribution >= 0.6 is 11.9 Å². The first-order valence-corrected chi connectivity index (χ1v) is 7.00. The number of benzene rings is 1. The summed E-state index contributed by atoms with van der Waals surface area (Å²) >= 11 is 1.67. The fraction of sp³-hybridized carbons (Fsp3) is 0.538. The van der Waals surface area contributed by atoms with Gasteiger partial charge in [-0.25, -0.2) is 8.70 Å². The lowest BCUT2D eigenvalue weighted by molar-refractivity contribution is -0.178. The van der Waals surface area contributed by atoms with E-state index < -0.39 is 0 Å². The minimum absolute atomic E-state index is 0.190. The summed E-state index contributed by atoms with van der Waals surface area (Å²) in [6, 6.07) is 6.62. The van der Waals surface area contributed by atoms with Gasteiger partial charge in [0.15, 0.2) is 5.79 Å². The summed E-state index contributed by atoms with van der Waals surface area (Å²) < 4.78 is 26.5. The van der Waals surface area contributed by atoms with Gasteiger partial charge >= 0.3 is 0 Å². The van der Waals surface area contributed by atoms with Gasteiger partial charge in [0.1, 0.15) is 5.82 Å². The monoisotopic (exact) mass is 269 g/mol. The number of hydrogen-bond donors (Lipinski definition) is 0. The Kier molecular flexibility index (Phi) is 3.56. The lowest BCUT2D eigenvalue weighted by Gasteiger charge is -2.36. The molecule has 0 unspecified atom stereocenters. The molecule has 3 nitrogen and oxygen atoms in total. The highest BCUT2D eigenvalue weighted by Gasteiger charge is 2.39. The van der Waals surface area contributed by atoms with Crippen LogP contribution in [0.5, 0.6) is 0 Å². The number of nitrogens with zero attached hydrogens (tertiary/aromatic N) is 1. The summed E-state index contributed by atoms with van der Waals surface area (Å²) in [6.45, 7) is 3.29. The quantitative estimate of drug-likeness (QED) is 0.769. The normalized spacial score (nSPS) is 23.6. The third-order valence-electron chi connectivity index (χ3n) is 3.35. The molecule has 0 bridgehead atoms. The summed E-state index contributed by atoms with van der Waals surface area (Å²) in [5.41, 5.74) is 0. The fourth-order valence-electron chi connectivity index (χ4n) is 2.35. The molecule has 0 aromatic heterocycles. The molecule has 2 saturated heterocycles. The molecule has 1 aromatic carbocycles. The summed E-state index contributed by atoms with van der Waals surface area (Å²) in [7, 11) is 0. The first-order chi connectivity index (χ1) is 8.76. The van der Waals surface area contributed by atoms with Gasteiger partial charge in [-0.2, -0.15) is 0 Å². The highest BCUT2D eigenvalue weighted by Crippen LogP contribution is 2.35. The molecule has 0 atom stereocenters. The molecule has 18 heavy (non-hydrogen) atoms. The van der Waals surface area contributed by atoms with Crippen molar-refractivity contribution in [3.05, 3.63) is 30.1 Å². The molecule has 0 amide bonds. The van der Waals surface area contributed by atoms with E-state index in [9.17, 15) is 4.39 Å². The van der Waals surface area contributed by atoms with Crippen LogP contribution < -0.4 is 0 Å². The Labute approximate surface area is 110 Å². The summed E-state index contributed by atoms with van der Waals surface area (Å²) in [5, 5.41) is 0. The van der Waals surface area contributed by atoms with Gasteiger partial charge < -0.3 is 9.47 Å². The molecular weight excluding hydrogens is 253 g/mol. The second-order valence-electron chi connectivity index (χ2n) is 4.58. The van der Waals surface area contributed by atoms with Crippen LogP contribution in [-0.2, 0) is 9.47 Å². The molecule has 1 aromatic rings. The third kappa shape index (κ3) is 2.69. The second-order valence-corrected chi connectivity index (χ2v) is 5.75. The second kappa shape index (κ2) is 5.17. The van der Waals surface area contributed by atoms with Crippen molar-refractivity contribution in [1.82, 2.24) is 4.31 Å². The Morgan fingerprint density at radius 1 is 1.06 bits per heavy atom. The van der Waals surface area contributed by atoms with Gasteiger partial charge in [0.2, 0.25) is 0 Å². The predicted octanol–water partition coefficient (Wildman–Crippen LogP) is 2.67. The Hall–Kier alpha value is -0.620. The molecule has 0 saturated carbocycles. The average molecular weight is 269 g/mol. The van der Waals surface area contributed by atoms with Crippen molar-refractivity contribution in [3.63, 3.8) is 0 Å². The standard InChI is InChI=1S/C13H16FNO2S/c14-11-1-3-12(4-2-11)18-15-7-5-13(6-8-15)16-9-10-17-13/h1-4H,5-10H2. The van der Waals surface area contributed by atoms with E-state index >= 15 is 0 Å². The molecule has 98 valence electrons. The van der Waals surface area contributed by atoms with E-state index in [2.05, 4.69) is 4.31 Å². The first kappa shape index (κ1) is 12.4. The van der Waals surface area contributed by atoms with E-state index in [4.69, 9.17) is 9.47 Å². The van der Waals surface area contributed by atoms with E-state index in [1.165, 1.54) is 12.1 Å². The maximum absolute atomic E-state index is 12.8. The minimum atomic E-state index is -0.320. The predicted molar refractivity (Wildman–Crippen MR) is 67.7 cm³/mol. The minimum Gasteiger partial charge on any atom is -0.347 e. The zero-order valence-corrected chi connectivity index (χ0v) is 10.9. The van der Waals surface area contributed by atoms with Crippen molar-refractivity contribution >= 4 is 11.9 Å². The number of ether oxygens (including phenoxy) is 2. The number of piperidine rings is 1. The molecule has 2 heterocycles. The summed E-state index contributed by atoms with van der Waals surface area (Å²) in [4.78, 5) is 1.07. The van der Waals surface area contributed by atoms with Crippen LogP contribution in [-0.4, -0.2) is 36.4 Å². The van der Waals surface area contributed by atoms with Crippen LogP contribution in [0.1, 0.15) is 12.8 Å². The Morgan fingerprint density at radius 3 is 2.28 bits per heavy atom. The van der Waals surface area contributed by atoms with Gasteiger partial charge in [-0.3, -0.25) is 0 Å². The maximum Gasteiger partial charge on any atom is 0.171 e. The van der Waals surface area contributed by atoms with E-state index in [0.29, 0.717) is 13.2 Å². The molecule has 0 radical (unpaired) electrons. The molecule has 0 aliphatic carbocycles. The van der Waals surface area contributed by atoms with Crippen molar-refractivity contribution in [3.8, 4) is 0 Å². The lowest BCUT2D eigenvalue weighted by atomic mass is 10.1. The lowest BCUT2D eigenvalue weighted by Crippen LogP contribution is -2.42. The molecule has 1 spiro atoms. The fourth-order valence-corrected chi connectivity index (χ4v) is 3.27. The van der Waals surface area contributed by atoms with Crippen molar-refractivity contribution < 1.29 is 13.9 Å². The summed E-state index contributed by atoms with van der Waals surface area (Å²) in [6.07, 6.45) is 1.81. The highest BCUT2D eigenvalue weighted by atomic mass is 32.2. The highest BCUT2D eigenvalue weighted by molar-refractivity contribution is 7.97. The van der Waals surface area contributed by atoms with E-state index in [1.54, 1.807) is 11.9 Å². The number of rotatable bonds is 2. The molecule has 2 aliphatic heterocycles. The van der Waals surface area contributed by atoms with E-state index in [1.807, 2.05) is 12.1 Å². The van der Waals surface area contributed by atoms with Gasteiger partial charge in [-0.15, -0.1) is 0 Å². The molecule has 5 heteroatoms. The van der Waals surface area contributed by atoms with E-state index in [-0.39, 0.29) is 11.6 Å². The van der Waals surface area contributed by atoms with Gasteiger partial charge in [0.05, 0.1) is 13.2 Å². The van der Waals surface area contributed by atoms with Crippen molar-refractivity contribution in [2.45, 2.75) is 23.5 Å². The van der Waals surface area contributed by atoms with Crippen LogP contribution in [0.3, 0.4) is 0 Å². The SMILES string of the molecule is Fc1ccc(SN2CCC3(CC2)OCCO3)cc1. The smallest absolute Gasteiger partial charge is 0.171 e. The average Bonchev–Trinajstić information content (AvgIpc) is 2.84. The van der Waals surface area contributed by atoms with Gasteiger partial charge in [0, 0.05) is 30.8 Å². The zero-order chi connectivity index (χ0) is 12.4.